The summed E-state index contributed by atoms with van der Waals surface area (Å²) in [4.78, 5) is 35.3. The van der Waals surface area contributed by atoms with Crippen LogP contribution in [0.15, 0.2) is 0 Å². The number of hydrogen-bond acceptors (Lipinski definition) is 3. The van der Waals surface area contributed by atoms with Crippen LogP contribution in [0.1, 0.15) is 33.1 Å². The van der Waals surface area contributed by atoms with Gasteiger partial charge < -0.3 is 15.3 Å². The molecule has 6 heteroatoms. The van der Waals surface area contributed by atoms with Crippen LogP contribution >= 0.6 is 0 Å². The van der Waals surface area contributed by atoms with Gasteiger partial charge in [0, 0.05) is 19.0 Å². The second-order valence-electron chi connectivity index (χ2n) is 4.93. The highest BCUT2D eigenvalue weighted by Crippen LogP contribution is 2.10. The predicted octanol–water partition coefficient (Wildman–Crippen LogP) is 0.224. The first-order valence-corrected chi connectivity index (χ1v) is 6.19. The van der Waals surface area contributed by atoms with Gasteiger partial charge in [-0.1, -0.05) is 13.8 Å². The highest BCUT2D eigenvalue weighted by atomic mass is 16.4. The fourth-order valence-electron chi connectivity index (χ4n) is 1.94. The predicted molar refractivity (Wildman–Crippen MR) is 64.8 cm³/mol. The summed E-state index contributed by atoms with van der Waals surface area (Å²) in [6.45, 7) is 4.35. The Labute approximate surface area is 106 Å². The van der Waals surface area contributed by atoms with Crippen LogP contribution in [0.4, 0.5) is 0 Å². The number of carbonyl (C=O) groups is 3. The van der Waals surface area contributed by atoms with Crippen molar-refractivity contribution in [3.63, 3.8) is 0 Å². The molecule has 0 bridgehead atoms. The van der Waals surface area contributed by atoms with Gasteiger partial charge in [-0.2, -0.15) is 0 Å². The Hall–Kier alpha value is -1.59. The third-order valence-corrected chi connectivity index (χ3v) is 3.05. The molecule has 0 aromatic carbocycles. The summed E-state index contributed by atoms with van der Waals surface area (Å²) in [7, 11) is 0. The van der Waals surface area contributed by atoms with E-state index in [1.165, 1.54) is 4.90 Å². The first-order chi connectivity index (χ1) is 8.40. The lowest BCUT2D eigenvalue weighted by molar-refractivity contribution is -0.138. The van der Waals surface area contributed by atoms with Gasteiger partial charge in [0.1, 0.15) is 0 Å². The topological polar surface area (TPSA) is 86.7 Å². The van der Waals surface area contributed by atoms with Crippen LogP contribution in [0.2, 0.25) is 0 Å². The number of rotatable bonds is 6. The Morgan fingerprint density at radius 3 is 2.56 bits per heavy atom. The molecule has 18 heavy (non-hydrogen) atoms. The summed E-state index contributed by atoms with van der Waals surface area (Å²) in [5.41, 5.74) is 0. The molecule has 1 fully saturated rings. The molecule has 2 amide bonds. The number of amides is 2. The van der Waals surface area contributed by atoms with Crippen molar-refractivity contribution in [2.24, 2.45) is 5.92 Å². The van der Waals surface area contributed by atoms with Gasteiger partial charge in [0.15, 0.2) is 0 Å². The summed E-state index contributed by atoms with van der Waals surface area (Å²) >= 11 is 0. The molecule has 1 unspecified atom stereocenters. The van der Waals surface area contributed by atoms with E-state index in [1.54, 1.807) is 0 Å². The second-order valence-corrected chi connectivity index (χ2v) is 4.93. The van der Waals surface area contributed by atoms with E-state index in [9.17, 15) is 14.4 Å². The normalized spacial score (nSPS) is 17.1. The van der Waals surface area contributed by atoms with Gasteiger partial charge in [-0.25, -0.2) is 0 Å². The van der Waals surface area contributed by atoms with Crippen molar-refractivity contribution in [2.75, 3.05) is 13.1 Å². The van der Waals surface area contributed by atoms with Crippen molar-refractivity contribution in [3.8, 4) is 0 Å². The van der Waals surface area contributed by atoms with Crippen LogP contribution in [0.25, 0.3) is 0 Å². The Morgan fingerprint density at radius 2 is 2.11 bits per heavy atom. The van der Waals surface area contributed by atoms with E-state index < -0.39 is 12.0 Å². The standard InChI is InChI=1S/C12H20N2O4/c1-8(2)9(6-12(17)18)13-10(15)7-14-5-3-4-11(14)16/h8-9H,3-7H2,1-2H3,(H,13,15)(H,17,18). The van der Waals surface area contributed by atoms with Gasteiger partial charge >= 0.3 is 5.97 Å². The number of nitrogens with one attached hydrogen (secondary N) is 1. The summed E-state index contributed by atoms with van der Waals surface area (Å²) in [6, 6.07) is -0.396. The molecular formula is C12H20N2O4. The summed E-state index contributed by atoms with van der Waals surface area (Å²) < 4.78 is 0. The van der Waals surface area contributed by atoms with Gasteiger partial charge in [-0.3, -0.25) is 14.4 Å². The average Bonchev–Trinajstić information content (AvgIpc) is 2.62. The molecule has 0 saturated carbocycles. The molecule has 1 aliphatic heterocycles. The molecule has 0 aromatic heterocycles. The van der Waals surface area contributed by atoms with Crippen LogP contribution in [-0.4, -0.2) is 46.9 Å². The maximum absolute atomic E-state index is 11.7. The third kappa shape index (κ3) is 4.35. The zero-order valence-electron chi connectivity index (χ0n) is 10.8. The van der Waals surface area contributed by atoms with Gasteiger partial charge in [0.05, 0.1) is 13.0 Å². The lowest BCUT2D eigenvalue weighted by Crippen LogP contribution is -2.45. The number of nitrogens with zero attached hydrogens (tertiary/aromatic N) is 1. The van der Waals surface area contributed by atoms with E-state index in [-0.39, 0.29) is 30.7 Å². The van der Waals surface area contributed by atoms with Crippen molar-refractivity contribution >= 4 is 17.8 Å². The maximum Gasteiger partial charge on any atom is 0.305 e. The van der Waals surface area contributed by atoms with Gasteiger partial charge in [-0.05, 0) is 12.3 Å². The Morgan fingerprint density at radius 1 is 1.44 bits per heavy atom. The minimum absolute atomic E-state index is 0.00974. The highest BCUT2D eigenvalue weighted by Gasteiger charge is 2.25. The van der Waals surface area contributed by atoms with Crippen LogP contribution in [0, 0.1) is 5.92 Å². The van der Waals surface area contributed by atoms with Crippen molar-refractivity contribution in [2.45, 2.75) is 39.2 Å². The molecule has 2 N–H and O–H groups in total. The fourth-order valence-corrected chi connectivity index (χ4v) is 1.94. The van der Waals surface area contributed by atoms with Gasteiger partial charge in [-0.15, -0.1) is 0 Å². The Kier molecular flexibility index (Phi) is 5.12. The quantitative estimate of drug-likeness (QED) is 0.712. The summed E-state index contributed by atoms with van der Waals surface area (Å²) in [5, 5.41) is 11.4. The average molecular weight is 256 g/mol. The molecule has 1 saturated heterocycles. The van der Waals surface area contributed by atoms with E-state index in [2.05, 4.69) is 5.32 Å². The van der Waals surface area contributed by atoms with Crippen LogP contribution < -0.4 is 5.32 Å². The largest absolute Gasteiger partial charge is 0.481 e. The lowest BCUT2D eigenvalue weighted by atomic mass is 10.0. The smallest absolute Gasteiger partial charge is 0.305 e. The molecular weight excluding hydrogens is 236 g/mol. The molecule has 1 heterocycles. The Balaban J connectivity index is 2.45. The molecule has 1 rings (SSSR count). The van der Waals surface area contributed by atoms with Crippen LogP contribution in [-0.2, 0) is 14.4 Å². The second kappa shape index (κ2) is 6.37. The number of aliphatic carboxylic acids is 1. The molecule has 1 atom stereocenters. The molecule has 1 aliphatic rings. The molecule has 6 nitrogen and oxygen atoms in total. The summed E-state index contributed by atoms with van der Waals surface area (Å²) in [5.74, 6) is -1.19. The monoisotopic (exact) mass is 256 g/mol. The summed E-state index contributed by atoms with van der Waals surface area (Å²) in [6.07, 6.45) is 1.18. The van der Waals surface area contributed by atoms with E-state index in [0.29, 0.717) is 13.0 Å². The number of carbonyl (C=O) groups excluding carboxylic acids is 2. The third-order valence-electron chi connectivity index (χ3n) is 3.05. The molecule has 102 valence electrons. The highest BCUT2D eigenvalue weighted by molar-refractivity contribution is 5.86. The minimum atomic E-state index is -0.939. The minimum Gasteiger partial charge on any atom is -0.481 e. The zero-order chi connectivity index (χ0) is 13.7. The first-order valence-electron chi connectivity index (χ1n) is 6.19. The van der Waals surface area contributed by atoms with Crippen molar-refractivity contribution in [1.82, 2.24) is 10.2 Å². The van der Waals surface area contributed by atoms with Gasteiger partial charge in [0.2, 0.25) is 11.8 Å². The Bertz CT molecular complexity index is 341. The van der Waals surface area contributed by atoms with Crippen molar-refractivity contribution < 1.29 is 19.5 Å². The number of carboxylic acids is 1. The van der Waals surface area contributed by atoms with Crippen molar-refractivity contribution in [1.29, 1.82) is 0 Å². The van der Waals surface area contributed by atoms with E-state index in [4.69, 9.17) is 5.11 Å². The zero-order valence-corrected chi connectivity index (χ0v) is 10.8. The maximum atomic E-state index is 11.7. The number of hydrogen-bond donors (Lipinski definition) is 2. The molecule has 0 spiro atoms. The molecule has 0 aromatic rings. The fraction of sp³-hybridized carbons (Fsp3) is 0.750. The number of likely N-dealkylation sites (tertiary alicyclic amines) is 1. The van der Waals surface area contributed by atoms with E-state index in [1.807, 2.05) is 13.8 Å². The van der Waals surface area contributed by atoms with E-state index >= 15 is 0 Å². The van der Waals surface area contributed by atoms with Crippen molar-refractivity contribution in [3.05, 3.63) is 0 Å². The first kappa shape index (κ1) is 14.5. The number of carboxylic acid groups (broad SMARTS) is 1. The molecule has 0 radical (unpaired) electrons. The van der Waals surface area contributed by atoms with Gasteiger partial charge in [0.25, 0.3) is 0 Å². The van der Waals surface area contributed by atoms with Crippen LogP contribution in [0.3, 0.4) is 0 Å². The SMILES string of the molecule is CC(C)C(CC(=O)O)NC(=O)CN1CCCC1=O. The molecule has 0 aliphatic carbocycles. The van der Waals surface area contributed by atoms with E-state index in [0.717, 1.165) is 6.42 Å². The lowest BCUT2D eigenvalue weighted by Gasteiger charge is -2.22. The van der Waals surface area contributed by atoms with Crippen LogP contribution in [0.5, 0.6) is 0 Å².